The van der Waals surface area contributed by atoms with Crippen molar-refractivity contribution >= 4 is 33.4 Å². The van der Waals surface area contributed by atoms with Crippen LogP contribution in [-0.2, 0) is 0 Å². The molecule has 5 heteroatoms. The molecule has 0 atom stereocenters. The Labute approximate surface area is 128 Å². The van der Waals surface area contributed by atoms with Gasteiger partial charge in [-0.1, -0.05) is 29.3 Å². The summed E-state index contributed by atoms with van der Waals surface area (Å²) >= 11 is 9.14. The SMILES string of the molecule is CCCCN(CCCl)C(=O)c1ccc(Br)cc1OC. The molecule has 0 spiro atoms. The van der Waals surface area contributed by atoms with E-state index in [2.05, 4.69) is 22.9 Å². The van der Waals surface area contributed by atoms with Crippen molar-refractivity contribution in [2.45, 2.75) is 19.8 Å². The molecule has 0 heterocycles. The van der Waals surface area contributed by atoms with Crippen molar-refractivity contribution in [3.8, 4) is 5.75 Å². The van der Waals surface area contributed by atoms with E-state index in [-0.39, 0.29) is 5.91 Å². The Balaban J connectivity index is 2.94. The predicted molar refractivity (Wildman–Crippen MR) is 82.2 cm³/mol. The molecule has 106 valence electrons. The summed E-state index contributed by atoms with van der Waals surface area (Å²) in [6.07, 6.45) is 2.02. The van der Waals surface area contributed by atoms with E-state index in [9.17, 15) is 4.79 Å². The smallest absolute Gasteiger partial charge is 0.257 e. The topological polar surface area (TPSA) is 29.5 Å². The summed E-state index contributed by atoms with van der Waals surface area (Å²) in [5.74, 6) is 0.989. The third-order valence-corrected chi connectivity index (χ3v) is 3.48. The fourth-order valence-electron chi connectivity index (χ4n) is 1.78. The molecule has 0 N–H and O–H groups in total. The minimum atomic E-state index is -0.0292. The van der Waals surface area contributed by atoms with Crippen molar-refractivity contribution in [2.24, 2.45) is 0 Å². The molecule has 3 nitrogen and oxygen atoms in total. The number of nitrogens with zero attached hydrogens (tertiary/aromatic N) is 1. The highest BCUT2D eigenvalue weighted by molar-refractivity contribution is 9.10. The van der Waals surface area contributed by atoms with Crippen LogP contribution < -0.4 is 4.74 Å². The molecule has 0 aliphatic rings. The second-order valence-electron chi connectivity index (χ2n) is 4.18. The highest BCUT2D eigenvalue weighted by Crippen LogP contribution is 2.24. The first-order valence-corrected chi connectivity index (χ1v) is 7.65. The van der Waals surface area contributed by atoms with E-state index in [1.165, 1.54) is 0 Å². The van der Waals surface area contributed by atoms with Gasteiger partial charge in [0.25, 0.3) is 5.91 Å². The lowest BCUT2D eigenvalue weighted by Crippen LogP contribution is -2.33. The third kappa shape index (κ3) is 4.69. The van der Waals surface area contributed by atoms with Gasteiger partial charge in [-0.15, -0.1) is 11.6 Å². The van der Waals surface area contributed by atoms with Crippen LogP contribution in [0.5, 0.6) is 5.75 Å². The van der Waals surface area contributed by atoms with Crippen molar-refractivity contribution in [3.05, 3.63) is 28.2 Å². The number of hydrogen-bond donors (Lipinski definition) is 0. The van der Waals surface area contributed by atoms with Gasteiger partial charge in [0.1, 0.15) is 5.75 Å². The molecular formula is C14H19BrClNO2. The normalized spacial score (nSPS) is 10.3. The van der Waals surface area contributed by atoms with Crippen molar-refractivity contribution < 1.29 is 9.53 Å². The number of hydrogen-bond acceptors (Lipinski definition) is 2. The van der Waals surface area contributed by atoms with Crippen molar-refractivity contribution in [2.75, 3.05) is 26.1 Å². The Morgan fingerprint density at radius 1 is 1.42 bits per heavy atom. The number of carbonyl (C=O) groups excluding carboxylic acids is 1. The van der Waals surface area contributed by atoms with Gasteiger partial charge in [-0.2, -0.15) is 0 Å². The van der Waals surface area contributed by atoms with Gasteiger partial charge in [0.05, 0.1) is 12.7 Å². The summed E-state index contributed by atoms with van der Waals surface area (Å²) in [5.41, 5.74) is 0.576. The molecular weight excluding hydrogens is 330 g/mol. The Bertz CT molecular complexity index is 426. The maximum atomic E-state index is 12.5. The number of benzene rings is 1. The van der Waals surface area contributed by atoms with Crippen LogP contribution in [0.25, 0.3) is 0 Å². The average molecular weight is 349 g/mol. The zero-order chi connectivity index (χ0) is 14.3. The van der Waals surface area contributed by atoms with Gasteiger partial charge in [0, 0.05) is 23.4 Å². The molecule has 0 saturated carbocycles. The van der Waals surface area contributed by atoms with E-state index in [0.29, 0.717) is 23.7 Å². The molecule has 0 aliphatic carbocycles. The first kappa shape index (κ1) is 16.3. The summed E-state index contributed by atoms with van der Waals surface area (Å²) in [6, 6.07) is 5.42. The molecule has 0 aromatic heterocycles. The van der Waals surface area contributed by atoms with Crippen LogP contribution in [0.3, 0.4) is 0 Å². The zero-order valence-electron chi connectivity index (χ0n) is 11.3. The molecule has 0 saturated heterocycles. The minimum absolute atomic E-state index is 0.0292. The number of rotatable bonds is 7. The van der Waals surface area contributed by atoms with Crippen LogP contribution in [0.2, 0.25) is 0 Å². The summed E-state index contributed by atoms with van der Waals surface area (Å²) in [7, 11) is 1.57. The molecule has 1 aromatic carbocycles. The Hall–Kier alpha value is -0.740. The summed E-state index contributed by atoms with van der Waals surface area (Å²) in [6.45, 7) is 3.38. The number of halogens is 2. The second-order valence-corrected chi connectivity index (χ2v) is 5.47. The number of unbranched alkanes of at least 4 members (excludes halogenated alkanes) is 1. The van der Waals surface area contributed by atoms with Crippen LogP contribution in [0.15, 0.2) is 22.7 Å². The Morgan fingerprint density at radius 2 is 2.16 bits per heavy atom. The molecule has 0 radical (unpaired) electrons. The molecule has 1 amide bonds. The highest BCUT2D eigenvalue weighted by Gasteiger charge is 2.18. The maximum Gasteiger partial charge on any atom is 0.257 e. The number of ether oxygens (including phenoxy) is 1. The van der Waals surface area contributed by atoms with Gasteiger partial charge >= 0.3 is 0 Å². The van der Waals surface area contributed by atoms with Gasteiger partial charge in [0.15, 0.2) is 0 Å². The van der Waals surface area contributed by atoms with Crippen LogP contribution >= 0.6 is 27.5 Å². The van der Waals surface area contributed by atoms with Gasteiger partial charge in [-0.05, 0) is 24.6 Å². The van der Waals surface area contributed by atoms with E-state index in [4.69, 9.17) is 16.3 Å². The first-order valence-electron chi connectivity index (χ1n) is 6.32. The van der Waals surface area contributed by atoms with E-state index >= 15 is 0 Å². The Kier molecular flexibility index (Phi) is 7.24. The van der Waals surface area contributed by atoms with E-state index in [1.807, 2.05) is 6.07 Å². The molecule has 0 fully saturated rings. The van der Waals surface area contributed by atoms with Gasteiger partial charge in [0.2, 0.25) is 0 Å². The molecule has 1 aromatic rings. The standard InChI is InChI=1S/C14H19BrClNO2/c1-3-4-8-17(9-7-16)14(18)12-6-5-11(15)10-13(12)19-2/h5-6,10H,3-4,7-9H2,1-2H3. The van der Waals surface area contributed by atoms with E-state index in [1.54, 1.807) is 24.1 Å². The first-order chi connectivity index (χ1) is 9.13. The zero-order valence-corrected chi connectivity index (χ0v) is 13.6. The lowest BCUT2D eigenvalue weighted by Gasteiger charge is -2.22. The van der Waals surface area contributed by atoms with E-state index in [0.717, 1.165) is 23.9 Å². The number of amides is 1. The molecule has 19 heavy (non-hydrogen) atoms. The van der Waals surface area contributed by atoms with Crippen molar-refractivity contribution in [3.63, 3.8) is 0 Å². The summed E-state index contributed by atoms with van der Waals surface area (Å²) < 4.78 is 6.16. The second kappa shape index (κ2) is 8.43. The monoisotopic (exact) mass is 347 g/mol. The van der Waals surface area contributed by atoms with Crippen LogP contribution in [0, 0.1) is 0 Å². The lowest BCUT2D eigenvalue weighted by atomic mass is 10.1. The van der Waals surface area contributed by atoms with Crippen LogP contribution in [0.1, 0.15) is 30.1 Å². The molecule has 0 aliphatic heterocycles. The van der Waals surface area contributed by atoms with Crippen molar-refractivity contribution in [1.82, 2.24) is 4.90 Å². The van der Waals surface area contributed by atoms with Crippen LogP contribution in [-0.4, -0.2) is 36.9 Å². The molecule has 1 rings (SSSR count). The molecule has 0 unspecified atom stereocenters. The summed E-state index contributed by atoms with van der Waals surface area (Å²) in [5, 5.41) is 0. The minimum Gasteiger partial charge on any atom is -0.496 e. The number of alkyl halides is 1. The molecule has 0 bridgehead atoms. The number of carbonyl (C=O) groups is 1. The summed E-state index contributed by atoms with van der Waals surface area (Å²) in [4.78, 5) is 14.3. The van der Waals surface area contributed by atoms with E-state index < -0.39 is 0 Å². The average Bonchev–Trinajstić information content (AvgIpc) is 2.42. The van der Waals surface area contributed by atoms with Gasteiger partial charge in [-0.3, -0.25) is 4.79 Å². The van der Waals surface area contributed by atoms with Crippen LogP contribution in [0.4, 0.5) is 0 Å². The third-order valence-electron chi connectivity index (χ3n) is 2.82. The Morgan fingerprint density at radius 3 is 2.74 bits per heavy atom. The van der Waals surface area contributed by atoms with Gasteiger partial charge < -0.3 is 9.64 Å². The predicted octanol–water partition coefficient (Wildman–Crippen LogP) is 3.94. The van der Waals surface area contributed by atoms with Gasteiger partial charge in [-0.25, -0.2) is 0 Å². The number of methoxy groups -OCH3 is 1. The quantitative estimate of drug-likeness (QED) is 0.699. The fraction of sp³-hybridized carbons (Fsp3) is 0.500. The fourth-order valence-corrected chi connectivity index (χ4v) is 2.32. The highest BCUT2D eigenvalue weighted by atomic mass is 79.9. The van der Waals surface area contributed by atoms with Crippen molar-refractivity contribution in [1.29, 1.82) is 0 Å². The maximum absolute atomic E-state index is 12.5. The lowest BCUT2D eigenvalue weighted by molar-refractivity contribution is 0.0760. The largest absolute Gasteiger partial charge is 0.496 e.